The molecule has 1 aliphatic rings. The minimum atomic E-state index is -0.962. The summed E-state index contributed by atoms with van der Waals surface area (Å²) in [5.74, 6) is -0.325. The molecule has 0 unspecified atom stereocenters. The van der Waals surface area contributed by atoms with E-state index < -0.39 is 11.6 Å². The number of nitrogens with one attached hydrogen (secondary N) is 1. The van der Waals surface area contributed by atoms with Crippen LogP contribution in [0.2, 0.25) is 0 Å². The Morgan fingerprint density at radius 2 is 2.09 bits per heavy atom. The Morgan fingerprint density at radius 1 is 1.36 bits per heavy atom. The van der Waals surface area contributed by atoms with Crippen LogP contribution in [-0.2, 0) is 20.9 Å². The van der Waals surface area contributed by atoms with E-state index in [2.05, 4.69) is 5.32 Å². The number of carbonyl (C=O) groups excluding carboxylic acids is 3. The molecule has 0 radical (unpaired) electrons. The highest BCUT2D eigenvalue weighted by atomic mass is 16.6. The van der Waals surface area contributed by atoms with Gasteiger partial charge in [0.2, 0.25) is 5.91 Å². The molecule has 1 aromatic rings. The normalized spacial score (nSPS) is 20.5. The van der Waals surface area contributed by atoms with Gasteiger partial charge in [0.1, 0.15) is 18.4 Å². The van der Waals surface area contributed by atoms with E-state index in [0.717, 1.165) is 12.0 Å². The Bertz CT molecular complexity index is 546. The van der Waals surface area contributed by atoms with E-state index in [9.17, 15) is 14.4 Å². The second kappa shape index (κ2) is 7.06. The molecule has 0 aromatic heterocycles. The van der Waals surface area contributed by atoms with Gasteiger partial charge in [-0.1, -0.05) is 30.3 Å². The van der Waals surface area contributed by atoms with Crippen LogP contribution in [0.25, 0.3) is 0 Å². The molecule has 0 bridgehead atoms. The maximum absolute atomic E-state index is 12.3. The molecule has 1 aliphatic heterocycles. The van der Waals surface area contributed by atoms with Crippen molar-refractivity contribution >= 4 is 18.3 Å². The lowest BCUT2D eigenvalue weighted by molar-refractivity contribution is -0.131. The topological polar surface area (TPSA) is 75.7 Å². The zero-order valence-electron chi connectivity index (χ0n) is 12.6. The molecule has 6 nitrogen and oxygen atoms in total. The molecule has 1 fully saturated rings. The summed E-state index contributed by atoms with van der Waals surface area (Å²) in [6, 6.07) is 9.37. The summed E-state index contributed by atoms with van der Waals surface area (Å²) < 4.78 is 5.30. The van der Waals surface area contributed by atoms with Gasteiger partial charge in [0.05, 0.1) is 6.54 Å². The highest BCUT2D eigenvalue weighted by molar-refractivity contribution is 5.91. The number of nitrogens with zero attached hydrogens (tertiary/aromatic N) is 1. The summed E-state index contributed by atoms with van der Waals surface area (Å²) in [5.41, 5.74) is -0.0706. The Kier molecular flexibility index (Phi) is 5.14. The molecule has 0 aliphatic carbocycles. The van der Waals surface area contributed by atoms with Gasteiger partial charge >= 0.3 is 6.09 Å². The first-order valence-corrected chi connectivity index (χ1v) is 7.28. The van der Waals surface area contributed by atoms with Crippen LogP contribution in [0, 0.1) is 0 Å². The fourth-order valence-electron chi connectivity index (χ4n) is 2.61. The first-order valence-electron chi connectivity index (χ1n) is 7.28. The zero-order valence-corrected chi connectivity index (χ0v) is 12.6. The fraction of sp³-hybridized carbons (Fsp3) is 0.438. The average Bonchev–Trinajstić information content (AvgIpc) is 2.94. The average molecular weight is 304 g/mol. The molecule has 2 amide bonds. The van der Waals surface area contributed by atoms with E-state index >= 15 is 0 Å². The van der Waals surface area contributed by atoms with Crippen molar-refractivity contribution in [3.63, 3.8) is 0 Å². The summed E-state index contributed by atoms with van der Waals surface area (Å²) >= 11 is 0. The second-order valence-electron chi connectivity index (χ2n) is 5.45. The smallest absolute Gasteiger partial charge is 0.410 e. The highest BCUT2D eigenvalue weighted by Gasteiger charge is 2.46. The van der Waals surface area contributed by atoms with E-state index in [4.69, 9.17) is 4.74 Å². The first-order chi connectivity index (χ1) is 10.6. The number of aldehydes is 1. The van der Waals surface area contributed by atoms with Gasteiger partial charge in [0.25, 0.3) is 0 Å². The minimum Gasteiger partial charge on any atom is -0.445 e. The quantitative estimate of drug-likeness (QED) is 0.836. The predicted octanol–water partition coefficient (Wildman–Crippen LogP) is 1.49. The van der Waals surface area contributed by atoms with Crippen molar-refractivity contribution in [1.29, 1.82) is 0 Å². The number of ether oxygens (including phenoxy) is 1. The van der Waals surface area contributed by atoms with Crippen LogP contribution in [0.15, 0.2) is 30.3 Å². The van der Waals surface area contributed by atoms with Crippen LogP contribution >= 0.6 is 0 Å². The number of hydrogen-bond donors (Lipinski definition) is 1. The van der Waals surface area contributed by atoms with Gasteiger partial charge in [0.15, 0.2) is 0 Å². The molecular weight excluding hydrogens is 284 g/mol. The van der Waals surface area contributed by atoms with Crippen molar-refractivity contribution in [2.24, 2.45) is 0 Å². The summed E-state index contributed by atoms with van der Waals surface area (Å²) in [6.07, 6.45) is 1.39. The molecule has 1 N–H and O–H groups in total. The summed E-state index contributed by atoms with van der Waals surface area (Å²) in [5, 5.41) is 2.52. The number of hydrogen-bond acceptors (Lipinski definition) is 4. The van der Waals surface area contributed by atoms with Gasteiger partial charge in [-0.2, -0.15) is 0 Å². The third kappa shape index (κ3) is 3.44. The maximum atomic E-state index is 12.3. The van der Waals surface area contributed by atoms with E-state index in [1.165, 1.54) is 4.90 Å². The van der Waals surface area contributed by atoms with Crippen molar-refractivity contribution in [3.8, 4) is 0 Å². The molecule has 1 atom stereocenters. The SMILES string of the molecule is C[C@@]1(C(=O)NCC=O)CCCN1C(=O)OCc1ccccc1. The minimum absolute atomic E-state index is 0.0542. The van der Waals surface area contributed by atoms with Gasteiger partial charge in [-0.05, 0) is 25.3 Å². The standard InChI is InChI=1S/C16H20N2O4/c1-16(14(20)17-9-11-19)8-5-10-18(16)15(21)22-12-13-6-3-2-4-7-13/h2-4,6-7,11H,5,8-10,12H2,1H3,(H,17,20)/t16-/m0/s1. The molecule has 22 heavy (non-hydrogen) atoms. The lowest BCUT2D eigenvalue weighted by Crippen LogP contribution is -2.55. The lowest BCUT2D eigenvalue weighted by atomic mass is 9.98. The summed E-state index contributed by atoms with van der Waals surface area (Å²) in [4.78, 5) is 36.3. The molecule has 6 heteroatoms. The number of benzene rings is 1. The summed E-state index contributed by atoms with van der Waals surface area (Å²) in [6.45, 7) is 2.28. The summed E-state index contributed by atoms with van der Waals surface area (Å²) in [7, 11) is 0. The fourth-order valence-corrected chi connectivity index (χ4v) is 2.61. The van der Waals surface area contributed by atoms with Crippen molar-refractivity contribution in [1.82, 2.24) is 10.2 Å². The molecule has 1 aromatic carbocycles. The molecule has 0 spiro atoms. The number of rotatable bonds is 5. The van der Waals surface area contributed by atoms with Crippen molar-refractivity contribution < 1.29 is 19.1 Å². The van der Waals surface area contributed by atoms with E-state index in [1.54, 1.807) is 6.92 Å². The maximum Gasteiger partial charge on any atom is 0.410 e. The van der Waals surface area contributed by atoms with Crippen LogP contribution in [0.4, 0.5) is 4.79 Å². The van der Waals surface area contributed by atoms with Crippen molar-refractivity contribution in [3.05, 3.63) is 35.9 Å². The number of likely N-dealkylation sites (tertiary alicyclic amines) is 1. The van der Waals surface area contributed by atoms with Crippen LogP contribution in [-0.4, -0.2) is 41.8 Å². The van der Waals surface area contributed by atoms with Gasteiger partial charge < -0.3 is 14.8 Å². The number of amides is 2. The van der Waals surface area contributed by atoms with Crippen LogP contribution in [0.1, 0.15) is 25.3 Å². The Balaban J connectivity index is 1.98. The van der Waals surface area contributed by atoms with Gasteiger partial charge in [-0.15, -0.1) is 0 Å². The number of carbonyl (C=O) groups is 3. The molecule has 0 saturated carbocycles. The lowest BCUT2D eigenvalue weighted by Gasteiger charge is -2.32. The second-order valence-corrected chi connectivity index (χ2v) is 5.45. The molecule has 1 saturated heterocycles. The molecule has 118 valence electrons. The van der Waals surface area contributed by atoms with Crippen LogP contribution in [0.3, 0.4) is 0 Å². The third-order valence-corrected chi connectivity index (χ3v) is 3.90. The first kappa shape index (κ1) is 16.0. The molecular formula is C16H20N2O4. The van der Waals surface area contributed by atoms with Crippen LogP contribution in [0.5, 0.6) is 0 Å². The Labute approximate surface area is 129 Å². The molecule has 2 rings (SSSR count). The highest BCUT2D eigenvalue weighted by Crippen LogP contribution is 2.30. The largest absolute Gasteiger partial charge is 0.445 e. The van der Waals surface area contributed by atoms with Gasteiger partial charge in [-0.25, -0.2) is 4.79 Å². The van der Waals surface area contributed by atoms with Crippen molar-refractivity contribution in [2.45, 2.75) is 31.9 Å². The predicted molar refractivity (Wildman–Crippen MR) is 80.0 cm³/mol. The third-order valence-electron chi connectivity index (χ3n) is 3.90. The van der Waals surface area contributed by atoms with E-state index in [0.29, 0.717) is 19.3 Å². The van der Waals surface area contributed by atoms with Gasteiger partial charge in [0, 0.05) is 6.54 Å². The monoisotopic (exact) mass is 304 g/mol. The van der Waals surface area contributed by atoms with Crippen molar-refractivity contribution in [2.75, 3.05) is 13.1 Å². The molecule has 1 heterocycles. The Morgan fingerprint density at radius 3 is 2.77 bits per heavy atom. The zero-order chi connectivity index (χ0) is 16.0. The van der Waals surface area contributed by atoms with Gasteiger partial charge in [-0.3, -0.25) is 9.69 Å². The van der Waals surface area contributed by atoms with E-state index in [-0.39, 0.29) is 19.1 Å². The van der Waals surface area contributed by atoms with E-state index in [1.807, 2.05) is 30.3 Å². The van der Waals surface area contributed by atoms with Crippen LogP contribution < -0.4 is 5.32 Å². The Hall–Kier alpha value is -2.37.